The summed E-state index contributed by atoms with van der Waals surface area (Å²) in [6.07, 6.45) is 72.0. The number of ether oxygens (including phenoxy) is 3. The summed E-state index contributed by atoms with van der Waals surface area (Å²) in [6, 6.07) is 0. The maximum absolute atomic E-state index is 12.9. The molecule has 0 aliphatic rings. The van der Waals surface area contributed by atoms with Crippen LogP contribution < -0.4 is 0 Å². The largest absolute Gasteiger partial charge is 0.462 e. The average molecular weight is 966 g/mol. The molecular formula is C63H112O6. The van der Waals surface area contributed by atoms with Gasteiger partial charge in [-0.2, -0.15) is 0 Å². The van der Waals surface area contributed by atoms with E-state index in [0.717, 1.165) is 89.9 Å². The Bertz CT molecular complexity index is 1250. The Morgan fingerprint density at radius 2 is 0.522 bits per heavy atom. The van der Waals surface area contributed by atoms with Gasteiger partial charge >= 0.3 is 17.9 Å². The zero-order chi connectivity index (χ0) is 50.0. The van der Waals surface area contributed by atoms with Gasteiger partial charge in [0.1, 0.15) is 13.2 Å². The van der Waals surface area contributed by atoms with Crippen molar-refractivity contribution in [2.24, 2.45) is 0 Å². The van der Waals surface area contributed by atoms with E-state index in [9.17, 15) is 14.4 Å². The van der Waals surface area contributed by atoms with Crippen molar-refractivity contribution >= 4 is 17.9 Å². The summed E-state index contributed by atoms with van der Waals surface area (Å²) in [7, 11) is 0. The van der Waals surface area contributed by atoms with E-state index >= 15 is 0 Å². The van der Waals surface area contributed by atoms with E-state index < -0.39 is 6.10 Å². The quantitative estimate of drug-likeness (QED) is 0.0262. The minimum atomic E-state index is -0.783. The highest BCUT2D eigenvalue weighted by molar-refractivity contribution is 5.71. The summed E-state index contributed by atoms with van der Waals surface area (Å²) in [5.74, 6) is -0.886. The van der Waals surface area contributed by atoms with E-state index in [1.54, 1.807) is 0 Å². The van der Waals surface area contributed by atoms with E-state index in [-0.39, 0.29) is 31.1 Å². The molecule has 0 saturated carbocycles. The highest BCUT2D eigenvalue weighted by Gasteiger charge is 2.19. The van der Waals surface area contributed by atoms with Crippen molar-refractivity contribution in [3.05, 3.63) is 60.8 Å². The van der Waals surface area contributed by atoms with Gasteiger partial charge in [-0.3, -0.25) is 14.4 Å². The van der Waals surface area contributed by atoms with Crippen LogP contribution in [0.2, 0.25) is 0 Å². The minimum Gasteiger partial charge on any atom is -0.462 e. The first-order valence-electron chi connectivity index (χ1n) is 29.8. The second-order valence-corrected chi connectivity index (χ2v) is 19.9. The lowest BCUT2D eigenvalue weighted by atomic mass is 10.0. The molecule has 0 saturated heterocycles. The fraction of sp³-hybridized carbons (Fsp3) is 0.794. The van der Waals surface area contributed by atoms with Crippen molar-refractivity contribution in [1.29, 1.82) is 0 Å². The summed E-state index contributed by atoms with van der Waals surface area (Å²) >= 11 is 0. The molecule has 0 spiro atoms. The van der Waals surface area contributed by atoms with E-state index in [1.807, 2.05) is 0 Å². The fourth-order valence-electron chi connectivity index (χ4n) is 8.48. The van der Waals surface area contributed by atoms with Crippen molar-refractivity contribution in [1.82, 2.24) is 0 Å². The summed E-state index contributed by atoms with van der Waals surface area (Å²) in [4.78, 5) is 38.2. The van der Waals surface area contributed by atoms with Crippen LogP contribution in [0.15, 0.2) is 60.8 Å². The van der Waals surface area contributed by atoms with E-state index in [4.69, 9.17) is 14.2 Å². The Labute approximate surface area is 428 Å². The smallest absolute Gasteiger partial charge is 0.306 e. The number of esters is 3. The zero-order valence-electron chi connectivity index (χ0n) is 45.8. The van der Waals surface area contributed by atoms with Gasteiger partial charge in [-0.05, 0) is 89.9 Å². The standard InChI is InChI=1S/C63H112O6/c1-4-7-10-13-16-19-22-25-28-30-31-33-35-38-41-44-47-50-53-56-62(65)68-59-60(58-67-61(64)55-52-49-46-43-40-37-34-27-24-21-18-15-12-9-6-3)69-63(66)57-54-51-48-45-42-39-36-32-29-26-23-20-17-14-11-8-5-2/h16-17,19-20,25-26,28-29,31,33,60H,4-15,18,21-24,27,30,32,34-59H2,1-3H3/b19-16-,20-17-,28-25-,29-26-,33-31-/t60-/m1/s1. The molecule has 0 aliphatic heterocycles. The van der Waals surface area contributed by atoms with Gasteiger partial charge in [0.05, 0.1) is 0 Å². The van der Waals surface area contributed by atoms with Crippen molar-refractivity contribution in [2.75, 3.05) is 13.2 Å². The van der Waals surface area contributed by atoms with Crippen molar-refractivity contribution < 1.29 is 28.6 Å². The molecule has 0 fully saturated rings. The van der Waals surface area contributed by atoms with Gasteiger partial charge in [-0.1, -0.05) is 255 Å². The van der Waals surface area contributed by atoms with Gasteiger partial charge < -0.3 is 14.2 Å². The van der Waals surface area contributed by atoms with Gasteiger partial charge in [0, 0.05) is 19.3 Å². The second kappa shape index (κ2) is 57.7. The summed E-state index contributed by atoms with van der Waals surface area (Å²) in [5, 5.41) is 0. The molecule has 0 aliphatic carbocycles. The molecule has 0 aromatic carbocycles. The molecule has 0 radical (unpaired) electrons. The zero-order valence-corrected chi connectivity index (χ0v) is 45.8. The van der Waals surface area contributed by atoms with Gasteiger partial charge in [-0.25, -0.2) is 0 Å². The van der Waals surface area contributed by atoms with Crippen LogP contribution in [-0.2, 0) is 28.6 Å². The third kappa shape index (κ3) is 55.9. The first-order valence-corrected chi connectivity index (χ1v) is 29.8. The molecule has 0 aromatic rings. The normalized spacial score (nSPS) is 12.4. The Hall–Kier alpha value is -2.89. The topological polar surface area (TPSA) is 78.9 Å². The van der Waals surface area contributed by atoms with E-state index in [0.29, 0.717) is 19.3 Å². The lowest BCUT2D eigenvalue weighted by Gasteiger charge is -2.18. The summed E-state index contributed by atoms with van der Waals surface area (Å²) in [6.45, 7) is 6.60. The van der Waals surface area contributed by atoms with Crippen molar-refractivity contribution in [3.63, 3.8) is 0 Å². The van der Waals surface area contributed by atoms with E-state index in [1.165, 1.54) is 173 Å². The van der Waals surface area contributed by atoms with Crippen LogP contribution in [0.4, 0.5) is 0 Å². The number of carbonyl (C=O) groups excluding carboxylic acids is 3. The third-order valence-corrected chi connectivity index (χ3v) is 13.0. The SMILES string of the molecule is CCCCC/C=C\C/C=C\C/C=C\CCCCCCCCC(=O)OC[C@@H](COC(=O)CCCCCCCCCCCCCCCCC)OC(=O)CCCCCCCCC/C=C\C/C=C\CCCCC. The first kappa shape index (κ1) is 66.1. The lowest BCUT2D eigenvalue weighted by molar-refractivity contribution is -0.167. The van der Waals surface area contributed by atoms with Gasteiger partial charge in [-0.15, -0.1) is 0 Å². The summed E-state index contributed by atoms with van der Waals surface area (Å²) < 4.78 is 16.9. The molecule has 1 atom stereocenters. The van der Waals surface area contributed by atoms with E-state index in [2.05, 4.69) is 81.5 Å². The summed E-state index contributed by atoms with van der Waals surface area (Å²) in [5.41, 5.74) is 0. The molecule has 0 aromatic heterocycles. The number of rotatable bonds is 54. The first-order chi connectivity index (χ1) is 34.0. The van der Waals surface area contributed by atoms with Crippen LogP contribution in [0, 0.1) is 0 Å². The Balaban J connectivity index is 4.39. The Morgan fingerprint density at radius 3 is 0.841 bits per heavy atom. The maximum atomic E-state index is 12.9. The molecular weight excluding hydrogens is 853 g/mol. The van der Waals surface area contributed by atoms with Crippen LogP contribution in [0.5, 0.6) is 0 Å². The van der Waals surface area contributed by atoms with Crippen LogP contribution in [0.1, 0.15) is 303 Å². The van der Waals surface area contributed by atoms with Crippen LogP contribution in [0.25, 0.3) is 0 Å². The molecule has 0 bridgehead atoms. The molecule has 0 N–H and O–H groups in total. The fourth-order valence-corrected chi connectivity index (χ4v) is 8.48. The van der Waals surface area contributed by atoms with Gasteiger partial charge in [0.25, 0.3) is 0 Å². The van der Waals surface area contributed by atoms with Crippen molar-refractivity contribution in [2.45, 2.75) is 309 Å². The van der Waals surface area contributed by atoms with Crippen LogP contribution in [0.3, 0.4) is 0 Å². The highest BCUT2D eigenvalue weighted by Crippen LogP contribution is 2.16. The number of carbonyl (C=O) groups is 3. The molecule has 0 unspecified atom stereocenters. The molecule has 6 nitrogen and oxygen atoms in total. The van der Waals surface area contributed by atoms with Crippen LogP contribution >= 0.6 is 0 Å². The Kier molecular flexibility index (Phi) is 55.3. The van der Waals surface area contributed by atoms with Gasteiger partial charge in [0.2, 0.25) is 0 Å². The third-order valence-electron chi connectivity index (χ3n) is 13.0. The predicted molar refractivity (Wildman–Crippen MR) is 298 cm³/mol. The molecule has 0 amide bonds. The molecule has 400 valence electrons. The minimum absolute atomic E-state index is 0.0791. The maximum Gasteiger partial charge on any atom is 0.306 e. The van der Waals surface area contributed by atoms with Gasteiger partial charge in [0.15, 0.2) is 6.10 Å². The molecule has 0 rings (SSSR count). The number of unbranched alkanes of at least 4 members (excludes halogenated alkanes) is 33. The average Bonchev–Trinajstić information content (AvgIpc) is 3.35. The number of allylic oxidation sites excluding steroid dienone is 10. The predicted octanol–water partition coefficient (Wildman–Crippen LogP) is 20.0. The second-order valence-electron chi connectivity index (χ2n) is 19.9. The lowest BCUT2D eigenvalue weighted by Crippen LogP contribution is -2.30. The number of hydrogen-bond acceptors (Lipinski definition) is 6. The molecule has 6 heteroatoms. The molecule has 69 heavy (non-hydrogen) atoms. The Morgan fingerprint density at radius 1 is 0.290 bits per heavy atom. The number of hydrogen-bond donors (Lipinski definition) is 0. The highest BCUT2D eigenvalue weighted by atomic mass is 16.6. The molecule has 0 heterocycles. The monoisotopic (exact) mass is 965 g/mol. The van der Waals surface area contributed by atoms with Crippen LogP contribution in [-0.4, -0.2) is 37.2 Å². The van der Waals surface area contributed by atoms with Crippen molar-refractivity contribution in [3.8, 4) is 0 Å².